The van der Waals surface area contributed by atoms with Crippen molar-refractivity contribution in [2.24, 2.45) is 0 Å². The Labute approximate surface area is 108 Å². The minimum absolute atomic E-state index is 0.0572. The SMILES string of the molecule is C=C(C)C(=O)c1c(C)c(F)c(C=O)c(Br)c1C. The third-order valence-electron chi connectivity index (χ3n) is 2.61. The molecular weight excluding hydrogens is 287 g/mol. The lowest BCUT2D eigenvalue weighted by atomic mass is 9.93. The molecule has 17 heavy (non-hydrogen) atoms. The van der Waals surface area contributed by atoms with Crippen LogP contribution in [0.5, 0.6) is 0 Å². The first-order valence-corrected chi connectivity index (χ1v) is 5.75. The van der Waals surface area contributed by atoms with Gasteiger partial charge in [0.2, 0.25) is 0 Å². The van der Waals surface area contributed by atoms with E-state index in [4.69, 9.17) is 0 Å². The van der Waals surface area contributed by atoms with Gasteiger partial charge in [0, 0.05) is 10.0 Å². The smallest absolute Gasteiger partial charge is 0.188 e. The number of ketones is 1. The summed E-state index contributed by atoms with van der Waals surface area (Å²) in [6, 6.07) is 0. The molecule has 0 heterocycles. The Hall–Kier alpha value is -1.29. The molecule has 1 rings (SSSR count). The molecule has 0 spiro atoms. The molecule has 1 aromatic carbocycles. The van der Waals surface area contributed by atoms with Crippen molar-refractivity contribution < 1.29 is 14.0 Å². The van der Waals surface area contributed by atoms with Crippen LogP contribution in [0.4, 0.5) is 4.39 Å². The molecule has 0 aliphatic carbocycles. The summed E-state index contributed by atoms with van der Waals surface area (Å²) in [6.07, 6.45) is 0.439. The molecule has 1 aromatic rings. The fourth-order valence-electron chi connectivity index (χ4n) is 1.66. The van der Waals surface area contributed by atoms with Crippen molar-refractivity contribution in [3.8, 4) is 0 Å². The molecule has 0 bridgehead atoms. The minimum Gasteiger partial charge on any atom is -0.298 e. The van der Waals surface area contributed by atoms with Crippen LogP contribution in [0.15, 0.2) is 16.6 Å². The highest BCUT2D eigenvalue weighted by Crippen LogP contribution is 2.30. The van der Waals surface area contributed by atoms with Crippen molar-refractivity contribution in [2.75, 3.05) is 0 Å². The predicted molar refractivity (Wildman–Crippen MR) is 68.1 cm³/mol. The molecule has 0 saturated heterocycles. The molecule has 90 valence electrons. The number of carbonyl (C=O) groups excluding carboxylic acids is 2. The van der Waals surface area contributed by atoms with Crippen LogP contribution in [0.25, 0.3) is 0 Å². The second-order valence-electron chi connectivity index (χ2n) is 3.89. The third kappa shape index (κ3) is 2.22. The third-order valence-corrected chi connectivity index (χ3v) is 3.64. The van der Waals surface area contributed by atoms with E-state index in [9.17, 15) is 14.0 Å². The number of carbonyl (C=O) groups is 2. The molecule has 0 radical (unpaired) electrons. The molecule has 0 aliphatic rings. The summed E-state index contributed by atoms with van der Waals surface area (Å²) in [6.45, 7) is 8.28. The van der Waals surface area contributed by atoms with Gasteiger partial charge in [-0.1, -0.05) is 6.58 Å². The van der Waals surface area contributed by atoms with Crippen LogP contribution in [-0.2, 0) is 0 Å². The molecule has 0 unspecified atom stereocenters. The molecule has 2 nitrogen and oxygen atoms in total. The molecule has 0 N–H and O–H groups in total. The summed E-state index contributed by atoms with van der Waals surface area (Å²) in [5.41, 5.74) is 1.28. The van der Waals surface area contributed by atoms with Crippen LogP contribution >= 0.6 is 15.9 Å². The van der Waals surface area contributed by atoms with Gasteiger partial charge < -0.3 is 0 Å². The zero-order chi connectivity index (χ0) is 13.3. The van der Waals surface area contributed by atoms with Crippen molar-refractivity contribution in [1.29, 1.82) is 0 Å². The van der Waals surface area contributed by atoms with Crippen LogP contribution in [-0.4, -0.2) is 12.1 Å². The van der Waals surface area contributed by atoms with Gasteiger partial charge in [0.25, 0.3) is 0 Å². The van der Waals surface area contributed by atoms with Gasteiger partial charge in [-0.25, -0.2) is 4.39 Å². The van der Waals surface area contributed by atoms with E-state index in [1.165, 1.54) is 6.92 Å². The van der Waals surface area contributed by atoms with Crippen molar-refractivity contribution in [3.63, 3.8) is 0 Å². The number of aldehydes is 1. The Morgan fingerprint density at radius 3 is 2.29 bits per heavy atom. The summed E-state index contributed by atoms with van der Waals surface area (Å²) in [5.74, 6) is -0.973. The molecule has 0 saturated carbocycles. The van der Waals surface area contributed by atoms with E-state index in [2.05, 4.69) is 22.5 Å². The maximum absolute atomic E-state index is 13.9. The Kier molecular flexibility index (Phi) is 3.98. The predicted octanol–water partition coefficient (Wildman–Crippen LogP) is 3.78. The summed E-state index contributed by atoms with van der Waals surface area (Å²) in [4.78, 5) is 22.7. The summed E-state index contributed by atoms with van der Waals surface area (Å²) in [5, 5.41) is 0. The summed E-state index contributed by atoms with van der Waals surface area (Å²) < 4.78 is 14.2. The van der Waals surface area contributed by atoms with E-state index < -0.39 is 5.82 Å². The van der Waals surface area contributed by atoms with Crippen LogP contribution in [0.2, 0.25) is 0 Å². The lowest BCUT2D eigenvalue weighted by molar-refractivity contribution is 0.103. The second-order valence-corrected chi connectivity index (χ2v) is 4.69. The maximum Gasteiger partial charge on any atom is 0.188 e. The molecule has 0 amide bonds. The quantitative estimate of drug-likeness (QED) is 0.483. The molecule has 0 aromatic heterocycles. The highest BCUT2D eigenvalue weighted by atomic mass is 79.9. The highest BCUT2D eigenvalue weighted by Gasteiger charge is 2.22. The summed E-state index contributed by atoms with van der Waals surface area (Å²) >= 11 is 3.14. The zero-order valence-electron chi connectivity index (χ0n) is 9.86. The standard InChI is InChI=1S/C13H12BrFO2/c1-6(2)13(17)10-7(3)11(14)9(5-16)12(15)8(10)4/h5H,1H2,2-4H3. The number of hydrogen-bond acceptors (Lipinski definition) is 2. The second kappa shape index (κ2) is 4.92. The van der Waals surface area contributed by atoms with Crippen LogP contribution in [0, 0.1) is 19.7 Å². The van der Waals surface area contributed by atoms with Crippen LogP contribution < -0.4 is 0 Å². The van der Waals surface area contributed by atoms with Gasteiger partial charge in [0.1, 0.15) is 5.82 Å². The topological polar surface area (TPSA) is 34.1 Å². The first-order valence-electron chi connectivity index (χ1n) is 4.96. The average Bonchev–Trinajstić information content (AvgIpc) is 2.27. The van der Waals surface area contributed by atoms with Gasteiger partial charge >= 0.3 is 0 Å². The van der Waals surface area contributed by atoms with E-state index in [1.54, 1.807) is 13.8 Å². The summed E-state index contributed by atoms with van der Waals surface area (Å²) in [7, 11) is 0. The molecule has 0 atom stereocenters. The number of allylic oxidation sites excluding steroid dienone is 1. The van der Waals surface area contributed by atoms with Gasteiger partial charge in [0.15, 0.2) is 12.1 Å². The van der Waals surface area contributed by atoms with Gasteiger partial charge in [-0.05, 0) is 53.4 Å². The number of Topliss-reactive ketones (excluding diaryl/α,β-unsaturated/α-hetero) is 1. The van der Waals surface area contributed by atoms with Crippen molar-refractivity contribution >= 4 is 28.0 Å². The van der Waals surface area contributed by atoms with E-state index in [1.807, 2.05) is 0 Å². The molecule has 4 heteroatoms. The lowest BCUT2D eigenvalue weighted by Gasteiger charge is -2.13. The number of rotatable bonds is 3. The van der Waals surface area contributed by atoms with E-state index >= 15 is 0 Å². The van der Waals surface area contributed by atoms with Crippen LogP contribution in [0.1, 0.15) is 38.8 Å². The van der Waals surface area contributed by atoms with Gasteiger partial charge in [-0.3, -0.25) is 9.59 Å². The molecular formula is C13H12BrFO2. The van der Waals surface area contributed by atoms with Crippen LogP contribution in [0.3, 0.4) is 0 Å². The van der Waals surface area contributed by atoms with E-state index in [-0.39, 0.29) is 22.5 Å². The number of hydrogen-bond donors (Lipinski definition) is 0. The molecule has 0 fully saturated rings. The van der Waals surface area contributed by atoms with Gasteiger partial charge in [0.05, 0.1) is 5.56 Å². The normalized spacial score (nSPS) is 10.2. The van der Waals surface area contributed by atoms with Crippen molar-refractivity contribution in [1.82, 2.24) is 0 Å². The maximum atomic E-state index is 13.9. The number of halogens is 2. The average molecular weight is 299 g/mol. The Morgan fingerprint density at radius 1 is 1.35 bits per heavy atom. The monoisotopic (exact) mass is 298 g/mol. The zero-order valence-corrected chi connectivity index (χ0v) is 11.4. The first-order chi connectivity index (χ1) is 7.82. The Bertz CT molecular complexity index is 504. The largest absolute Gasteiger partial charge is 0.298 e. The number of benzene rings is 1. The Morgan fingerprint density at radius 2 is 1.88 bits per heavy atom. The first kappa shape index (κ1) is 13.8. The fraction of sp³-hybridized carbons (Fsp3) is 0.231. The van der Waals surface area contributed by atoms with Crippen molar-refractivity contribution in [3.05, 3.63) is 44.7 Å². The fourth-order valence-corrected chi connectivity index (χ4v) is 2.12. The highest BCUT2D eigenvalue weighted by molar-refractivity contribution is 9.10. The van der Waals surface area contributed by atoms with Crippen molar-refractivity contribution in [2.45, 2.75) is 20.8 Å². The van der Waals surface area contributed by atoms with Gasteiger partial charge in [-0.2, -0.15) is 0 Å². The van der Waals surface area contributed by atoms with E-state index in [0.717, 1.165) is 0 Å². The Balaban J connectivity index is 3.70. The van der Waals surface area contributed by atoms with Gasteiger partial charge in [-0.15, -0.1) is 0 Å². The van der Waals surface area contributed by atoms with E-state index in [0.29, 0.717) is 21.9 Å². The minimum atomic E-state index is -0.665. The molecule has 0 aliphatic heterocycles. The lowest BCUT2D eigenvalue weighted by Crippen LogP contribution is -2.10.